The molecule has 53 heteroatoms. The second-order valence-corrected chi connectivity index (χ2v) is 29.5. The van der Waals surface area contributed by atoms with Crippen LogP contribution in [0.25, 0.3) is 33.5 Å². The molecular formula is C63H96F3N15O33P2. The van der Waals surface area contributed by atoms with Crippen molar-refractivity contribution in [3.63, 3.8) is 0 Å². The van der Waals surface area contributed by atoms with Gasteiger partial charge in [0.15, 0.2) is 52.2 Å². The van der Waals surface area contributed by atoms with Crippen LogP contribution in [0.5, 0.6) is 17.6 Å². The first-order chi connectivity index (χ1) is 55.3. The molecule has 3 unspecified atom stereocenters. The zero-order valence-corrected chi connectivity index (χ0v) is 66.9. The standard InChI is InChI=1S/C25H39FN5O14P.C23H35FN5O14P.C15H22FN5O5/c1-8-27-21-29-17-16(18(30-21)37-9-2)28-11-31(17)20-24(7,35)19(32)25(26,45-20)10-40-46(36,41-12-38-22(33)43-14(3)4)42-13-39-23(34)44-15(5)6;1-7-35-16-14-15(27-19(25)28-16)29(9-26-14)18-22(6,33)17(30)23(24,43-18)8-38-44(34,39-10-36-20(31)41-12(2)3)40-11-37-21(32)42-13(4)5;1-4-17-13-19-9-8(10(20-13)25-5-2)18-7-21(9)12-14(3,24)11(23)15(16,6-22)26-12/h11,14-15,19-20,32,35H,8-10,12-13H2,1-7H3,(H,27,29,30);9,12-13,17-18,30,33H,7-8,10-11H2,1-6H3,(H2,25,27,28);7,11-12,22-24H,4-6H2,1-3H3,(H,17,19,20)/t19-,20?,24+,25+;17-,18?,22+,23+;11-,12?,14+,15+/m000/s1/i1T;;1T. The second-order valence-electron chi connectivity index (χ2n) is 26.2. The molecule has 0 aromatic carbocycles. The lowest BCUT2D eigenvalue weighted by molar-refractivity contribution is -0.206. The summed E-state index contributed by atoms with van der Waals surface area (Å²) in [5, 5.41) is 79.7. The van der Waals surface area contributed by atoms with Crippen molar-refractivity contribution < 1.29 is 173 Å². The molecule has 3 saturated heterocycles. The number of imidazole rings is 3. The molecule has 11 N–H and O–H groups in total. The molecular weight excluding hydrogens is 1610 g/mol. The Balaban J connectivity index is 0.000000253. The van der Waals surface area contributed by atoms with E-state index in [1.807, 2.05) is 0 Å². The lowest BCUT2D eigenvalue weighted by atomic mass is 9.95. The van der Waals surface area contributed by atoms with E-state index in [0.717, 1.165) is 35.6 Å². The number of alkyl halides is 3. The summed E-state index contributed by atoms with van der Waals surface area (Å²) in [4.78, 5) is 84.1. The number of aromatic nitrogens is 12. The predicted octanol–water partition coefficient (Wildman–Crippen LogP) is 5.42. The molecule has 3 aliphatic rings. The highest BCUT2D eigenvalue weighted by molar-refractivity contribution is 7.48. The minimum Gasteiger partial charge on any atom is -0.476 e. The predicted molar refractivity (Wildman–Crippen MR) is 383 cm³/mol. The number of hydrogen-bond donors (Lipinski definition) is 10. The Hall–Kier alpha value is -8.86. The fourth-order valence-electron chi connectivity index (χ4n) is 10.5. The number of hydrogen-bond acceptors (Lipinski definition) is 45. The molecule has 9 rings (SSSR count). The maximum atomic E-state index is 16.3. The summed E-state index contributed by atoms with van der Waals surface area (Å²) in [6, 6.07) is 0. The number of fused-ring (bicyclic) bond motifs is 3. The maximum Gasteiger partial charge on any atom is 0.510 e. The van der Waals surface area contributed by atoms with Crippen LogP contribution in [0, 0.1) is 0 Å². The smallest absolute Gasteiger partial charge is 0.476 e. The van der Waals surface area contributed by atoms with Crippen LogP contribution >= 0.6 is 15.6 Å². The number of rotatable bonds is 36. The van der Waals surface area contributed by atoms with E-state index >= 15 is 8.78 Å². The van der Waals surface area contributed by atoms with Crippen molar-refractivity contribution in [2.24, 2.45) is 0 Å². The highest BCUT2D eigenvalue weighted by Crippen LogP contribution is 2.56. The third kappa shape index (κ3) is 22.9. The van der Waals surface area contributed by atoms with Crippen molar-refractivity contribution in [3.8, 4) is 17.6 Å². The Morgan fingerprint density at radius 2 is 0.784 bits per heavy atom. The fourth-order valence-corrected chi connectivity index (χ4v) is 12.3. The third-order valence-electron chi connectivity index (χ3n) is 15.6. The van der Waals surface area contributed by atoms with E-state index in [9.17, 15) is 68.4 Å². The highest BCUT2D eigenvalue weighted by Gasteiger charge is 2.66. The molecule has 12 atom stereocenters. The lowest BCUT2D eigenvalue weighted by Gasteiger charge is -2.28. The quantitative estimate of drug-likeness (QED) is 0.0101. The van der Waals surface area contributed by atoms with Crippen LogP contribution in [0.3, 0.4) is 0 Å². The van der Waals surface area contributed by atoms with Crippen molar-refractivity contribution in [1.82, 2.24) is 58.6 Å². The average Bonchev–Trinajstić information content (AvgIpc) is 1.59. The van der Waals surface area contributed by atoms with Crippen molar-refractivity contribution in [3.05, 3.63) is 19.0 Å². The van der Waals surface area contributed by atoms with E-state index in [2.05, 4.69) is 74.4 Å². The van der Waals surface area contributed by atoms with E-state index < -0.39 is 183 Å². The van der Waals surface area contributed by atoms with Gasteiger partial charge >= 0.3 is 40.3 Å². The Morgan fingerprint density at radius 3 is 1.06 bits per heavy atom. The van der Waals surface area contributed by atoms with Gasteiger partial charge in [0.1, 0.15) is 54.9 Å². The summed E-state index contributed by atoms with van der Waals surface area (Å²) in [5.74, 6) is -9.21. The topological polar surface area (TPSA) is 610 Å². The summed E-state index contributed by atoms with van der Waals surface area (Å²) in [5.41, 5.74) is -0.474. The van der Waals surface area contributed by atoms with E-state index in [1.54, 1.807) is 20.8 Å². The molecule has 9 heterocycles. The number of anilines is 3. The summed E-state index contributed by atoms with van der Waals surface area (Å²) >= 11 is 0. The van der Waals surface area contributed by atoms with Gasteiger partial charge < -0.3 is 118 Å². The molecule has 116 heavy (non-hydrogen) atoms. The first-order valence-corrected chi connectivity index (χ1v) is 38.0. The van der Waals surface area contributed by atoms with Crippen LogP contribution in [0.2, 0.25) is 0 Å². The SMILES string of the molecule is CCOc1nc(N)nc2c1ncn2C1O[C@](F)(COP(=O)(OCOC(=O)OC(C)C)OCOC(=O)OC(C)C)[C@@H](O)[C@@]1(C)O.[3H]CCNc1nc(OCC)c2ncn(C3O[C@](F)(CO)[C@@H](O)[C@@]3(C)O)c2n1.[3H]CCNc1nc(OCC)c2ncn(C3O[C@](F)(COP(=O)(OCOC(=O)OC(C)C)OCOC(=O)OC(C)C)[C@@H](O)[C@@]3(C)O)c2n1. The van der Waals surface area contributed by atoms with E-state index in [4.69, 9.17) is 83.0 Å². The largest absolute Gasteiger partial charge is 0.510 e. The summed E-state index contributed by atoms with van der Waals surface area (Å²) in [6.07, 6.45) is -15.1. The molecule has 48 nitrogen and oxygen atoms in total. The fraction of sp³-hybridized carbons (Fsp3) is 0.698. The number of ether oxygens (including phenoxy) is 14. The van der Waals surface area contributed by atoms with Gasteiger partial charge in [-0.1, -0.05) is 0 Å². The monoisotopic (exact) mass is 1710 g/mol. The van der Waals surface area contributed by atoms with Crippen molar-refractivity contribution in [1.29, 1.82) is 0 Å². The Bertz CT molecular complexity index is 4390. The number of nitrogens with zero attached hydrogens (tertiary/aromatic N) is 12. The molecule has 0 aliphatic carbocycles. The second kappa shape index (κ2) is 39.6. The van der Waals surface area contributed by atoms with E-state index in [0.29, 0.717) is 13.2 Å². The minimum atomic E-state index is -4.97. The van der Waals surface area contributed by atoms with Gasteiger partial charge in [0, 0.05) is 15.8 Å². The number of nitrogens with two attached hydrogens (primary N) is 1. The van der Waals surface area contributed by atoms with Gasteiger partial charge in [0.05, 0.1) is 63.2 Å². The molecule has 0 spiro atoms. The minimum absolute atomic E-state index is 0.00122. The van der Waals surface area contributed by atoms with Crippen molar-refractivity contribution in [2.75, 3.05) is 96.3 Å². The molecule has 6 aromatic heterocycles. The van der Waals surface area contributed by atoms with Gasteiger partial charge in [-0.3, -0.25) is 22.7 Å². The highest BCUT2D eigenvalue weighted by atomic mass is 31.2. The summed E-state index contributed by atoms with van der Waals surface area (Å²) in [6.45, 7) is 13.8. The molecule has 0 radical (unpaired) electrons. The van der Waals surface area contributed by atoms with Gasteiger partial charge in [-0.05, 0) is 111 Å². The van der Waals surface area contributed by atoms with E-state index in [-0.39, 0.29) is 103 Å². The zero-order valence-electron chi connectivity index (χ0n) is 67.1. The first kappa shape index (κ1) is 91.0. The van der Waals surface area contributed by atoms with Crippen LogP contribution in [0.1, 0.15) is 132 Å². The van der Waals surface area contributed by atoms with Gasteiger partial charge in [-0.15, -0.1) is 0 Å². The molecule has 3 aliphatic heterocycles. The van der Waals surface area contributed by atoms with E-state index in [1.165, 1.54) is 73.2 Å². The summed E-state index contributed by atoms with van der Waals surface area (Å²) < 4.78 is 191. The number of carbonyl (C=O) groups excluding carboxylic acids is 4. The average molecular weight is 1710 g/mol. The number of phosphoric acid groups is 2. The first-order valence-electron chi connectivity index (χ1n) is 36.5. The van der Waals surface area contributed by atoms with Crippen LogP contribution < -0.4 is 30.6 Å². The van der Waals surface area contributed by atoms with Crippen LogP contribution in [-0.4, -0.2) is 276 Å². The number of nitrogens with one attached hydrogen (secondary N) is 2. The molecule has 0 saturated carbocycles. The normalized spacial score (nSPS) is 25.4. The Morgan fingerprint density at radius 1 is 0.500 bits per heavy atom. The molecule has 6 aromatic rings. The number of halogens is 3. The van der Waals surface area contributed by atoms with Crippen LogP contribution in [0.4, 0.5) is 50.2 Å². The number of nitrogen functional groups attached to an aromatic ring is 1. The van der Waals surface area contributed by atoms with Crippen LogP contribution in [0.15, 0.2) is 19.0 Å². The zero-order chi connectivity index (χ0) is 87.7. The summed E-state index contributed by atoms with van der Waals surface area (Å²) in [7, 11) is -9.93. The molecule has 652 valence electrons. The van der Waals surface area contributed by atoms with Crippen molar-refractivity contribution >= 4 is 91.6 Å². The van der Waals surface area contributed by atoms with Gasteiger partial charge in [-0.25, -0.2) is 74.5 Å². The Labute approximate surface area is 661 Å². The number of phosphoric ester groups is 2. The van der Waals surface area contributed by atoms with Gasteiger partial charge in [0.25, 0.3) is 17.6 Å². The Kier molecular flexibility index (Phi) is 31.1. The maximum absolute atomic E-state index is 16.3. The van der Waals surface area contributed by atoms with Gasteiger partial charge in [-0.2, -0.15) is 29.9 Å². The third-order valence-corrected chi connectivity index (χ3v) is 18.2. The number of aliphatic hydroxyl groups excluding tert-OH is 4. The molecule has 0 amide bonds. The van der Waals surface area contributed by atoms with Gasteiger partial charge in [0.2, 0.25) is 62.7 Å². The molecule has 0 bridgehead atoms. The van der Waals surface area contributed by atoms with Crippen LogP contribution in [-0.2, 0) is 88.4 Å². The number of carbonyl (C=O) groups is 4. The molecule has 3 fully saturated rings. The van der Waals surface area contributed by atoms with Crippen molar-refractivity contribution in [2.45, 2.75) is 207 Å². The number of aliphatic hydroxyl groups is 7. The lowest BCUT2D eigenvalue weighted by Crippen LogP contribution is -2.49.